The molecule has 4 atom stereocenters. The molecule has 4 heteroatoms. The zero-order valence-corrected chi connectivity index (χ0v) is 8.43. The standard InChI is InChI=1S/C12H10O4/c13-11(14)9-5-7(9)3-1-2-4-8-6-10(8)12(15)16/h7-10H,5-6H2,(H,13,14)(H,15,16). The molecule has 0 aliphatic heterocycles. The molecule has 2 N–H and O–H groups in total. The summed E-state index contributed by atoms with van der Waals surface area (Å²) in [5.74, 6) is 8.31. The van der Waals surface area contributed by atoms with Gasteiger partial charge in [-0.2, -0.15) is 0 Å². The fourth-order valence-corrected chi connectivity index (χ4v) is 1.51. The smallest absolute Gasteiger partial charge is 0.307 e. The molecule has 2 aliphatic carbocycles. The molecule has 2 aliphatic rings. The second-order valence-corrected chi connectivity index (χ2v) is 4.11. The van der Waals surface area contributed by atoms with Crippen molar-refractivity contribution >= 4 is 11.9 Å². The number of carboxylic acids is 2. The second-order valence-electron chi connectivity index (χ2n) is 4.11. The highest BCUT2D eigenvalue weighted by atomic mass is 16.4. The zero-order chi connectivity index (χ0) is 11.7. The first kappa shape index (κ1) is 10.6. The topological polar surface area (TPSA) is 74.6 Å². The Bertz CT molecular complexity index is 413. The summed E-state index contributed by atoms with van der Waals surface area (Å²) in [6.45, 7) is 0. The van der Waals surface area contributed by atoms with Crippen molar-refractivity contribution < 1.29 is 19.8 Å². The van der Waals surface area contributed by atoms with Gasteiger partial charge in [-0.15, -0.1) is 0 Å². The molecule has 4 unspecified atom stereocenters. The van der Waals surface area contributed by atoms with E-state index in [0.29, 0.717) is 12.8 Å². The second kappa shape index (κ2) is 3.90. The highest BCUT2D eigenvalue weighted by Gasteiger charge is 2.42. The van der Waals surface area contributed by atoms with E-state index in [2.05, 4.69) is 23.7 Å². The van der Waals surface area contributed by atoms with Crippen LogP contribution in [0.25, 0.3) is 0 Å². The van der Waals surface area contributed by atoms with Crippen LogP contribution < -0.4 is 0 Å². The van der Waals surface area contributed by atoms with Crippen LogP contribution in [0, 0.1) is 47.4 Å². The molecule has 0 amide bonds. The lowest BCUT2D eigenvalue weighted by molar-refractivity contribution is -0.139. The Hall–Kier alpha value is -1.94. The maximum Gasteiger partial charge on any atom is 0.307 e. The zero-order valence-electron chi connectivity index (χ0n) is 8.43. The Labute approximate surface area is 92.7 Å². The van der Waals surface area contributed by atoms with Crippen molar-refractivity contribution in [3.05, 3.63) is 0 Å². The van der Waals surface area contributed by atoms with Crippen LogP contribution in [0.3, 0.4) is 0 Å². The van der Waals surface area contributed by atoms with Crippen LogP contribution in [-0.2, 0) is 9.59 Å². The monoisotopic (exact) mass is 218 g/mol. The Kier molecular flexibility index (Phi) is 2.58. The minimum atomic E-state index is -0.805. The molecule has 0 radical (unpaired) electrons. The number of rotatable bonds is 2. The molecule has 0 spiro atoms. The van der Waals surface area contributed by atoms with Gasteiger partial charge >= 0.3 is 11.9 Å². The minimum Gasteiger partial charge on any atom is -0.481 e. The third kappa shape index (κ3) is 2.35. The molecule has 0 aromatic heterocycles. The Morgan fingerprint density at radius 2 is 1.25 bits per heavy atom. The first-order valence-corrected chi connectivity index (χ1v) is 5.06. The van der Waals surface area contributed by atoms with Crippen LogP contribution >= 0.6 is 0 Å². The van der Waals surface area contributed by atoms with E-state index in [1.54, 1.807) is 0 Å². The van der Waals surface area contributed by atoms with Gasteiger partial charge in [-0.05, 0) is 24.7 Å². The molecule has 0 aromatic carbocycles. The average molecular weight is 218 g/mol. The van der Waals surface area contributed by atoms with Gasteiger partial charge in [0.2, 0.25) is 0 Å². The van der Waals surface area contributed by atoms with Crippen molar-refractivity contribution in [3.63, 3.8) is 0 Å². The lowest BCUT2D eigenvalue weighted by atomic mass is 10.3. The van der Waals surface area contributed by atoms with Gasteiger partial charge in [0, 0.05) is 11.8 Å². The first-order chi connectivity index (χ1) is 7.59. The van der Waals surface area contributed by atoms with Crippen LogP contribution in [0.4, 0.5) is 0 Å². The number of carbonyl (C=O) groups is 2. The molecule has 0 bridgehead atoms. The maximum absolute atomic E-state index is 10.5. The highest BCUT2D eigenvalue weighted by molar-refractivity contribution is 5.75. The van der Waals surface area contributed by atoms with Crippen LogP contribution in [0.1, 0.15) is 12.8 Å². The molecule has 0 aromatic rings. The molecule has 2 saturated carbocycles. The van der Waals surface area contributed by atoms with Crippen molar-refractivity contribution in [1.82, 2.24) is 0 Å². The van der Waals surface area contributed by atoms with Gasteiger partial charge < -0.3 is 10.2 Å². The molecular weight excluding hydrogens is 208 g/mol. The Balaban J connectivity index is 1.78. The van der Waals surface area contributed by atoms with Gasteiger partial charge in [0.25, 0.3) is 0 Å². The van der Waals surface area contributed by atoms with E-state index >= 15 is 0 Å². The first-order valence-electron chi connectivity index (χ1n) is 5.06. The Morgan fingerprint density at radius 1 is 0.875 bits per heavy atom. The van der Waals surface area contributed by atoms with Gasteiger partial charge in [0.05, 0.1) is 11.8 Å². The third-order valence-electron chi connectivity index (χ3n) is 2.79. The molecule has 0 heterocycles. The highest BCUT2D eigenvalue weighted by Crippen LogP contribution is 2.38. The van der Waals surface area contributed by atoms with Gasteiger partial charge in [-0.25, -0.2) is 0 Å². The van der Waals surface area contributed by atoms with E-state index in [1.807, 2.05) is 0 Å². The van der Waals surface area contributed by atoms with Crippen molar-refractivity contribution in [1.29, 1.82) is 0 Å². The van der Waals surface area contributed by atoms with Crippen LogP contribution in [-0.4, -0.2) is 22.2 Å². The predicted octanol–water partition coefficient (Wildman–Crippen LogP) is 0.435. The predicted molar refractivity (Wildman–Crippen MR) is 54.0 cm³/mol. The molecule has 0 saturated heterocycles. The number of hydrogen-bond donors (Lipinski definition) is 2. The number of carboxylic acid groups (broad SMARTS) is 2. The molecule has 82 valence electrons. The summed E-state index contributed by atoms with van der Waals surface area (Å²) in [4.78, 5) is 20.9. The normalized spacial score (nSPS) is 33.8. The van der Waals surface area contributed by atoms with E-state index < -0.39 is 11.9 Å². The van der Waals surface area contributed by atoms with E-state index in [1.165, 1.54) is 0 Å². The van der Waals surface area contributed by atoms with Crippen LogP contribution in [0.5, 0.6) is 0 Å². The fourth-order valence-electron chi connectivity index (χ4n) is 1.51. The third-order valence-corrected chi connectivity index (χ3v) is 2.79. The Morgan fingerprint density at radius 3 is 1.50 bits per heavy atom. The van der Waals surface area contributed by atoms with Crippen molar-refractivity contribution in [3.8, 4) is 23.7 Å². The largest absolute Gasteiger partial charge is 0.481 e. The van der Waals surface area contributed by atoms with Crippen molar-refractivity contribution in [2.24, 2.45) is 23.7 Å². The number of aliphatic carboxylic acids is 2. The fraction of sp³-hybridized carbons (Fsp3) is 0.500. The average Bonchev–Trinajstić information content (AvgIpc) is 3.07. The van der Waals surface area contributed by atoms with Crippen molar-refractivity contribution in [2.75, 3.05) is 0 Å². The SMILES string of the molecule is O=C(O)C1CC1C#CC#CC1CC1C(=O)O. The lowest BCUT2D eigenvalue weighted by Crippen LogP contribution is -1.98. The van der Waals surface area contributed by atoms with Crippen LogP contribution in [0.2, 0.25) is 0 Å². The van der Waals surface area contributed by atoms with E-state index in [9.17, 15) is 9.59 Å². The van der Waals surface area contributed by atoms with Gasteiger partial charge in [0.15, 0.2) is 0 Å². The lowest BCUT2D eigenvalue weighted by Gasteiger charge is -1.81. The molecule has 2 fully saturated rings. The quantitative estimate of drug-likeness (QED) is 0.659. The summed E-state index contributed by atoms with van der Waals surface area (Å²) in [6.07, 6.45) is 1.20. The summed E-state index contributed by atoms with van der Waals surface area (Å²) in [6, 6.07) is 0. The molecular formula is C12H10O4. The summed E-state index contributed by atoms with van der Waals surface area (Å²) < 4.78 is 0. The summed E-state index contributed by atoms with van der Waals surface area (Å²) in [7, 11) is 0. The number of hydrogen-bond acceptors (Lipinski definition) is 2. The van der Waals surface area contributed by atoms with Gasteiger partial charge in [-0.3, -0.25) is 9.59 Å². The summed E-state index contributed by atoms with van der Waals surface area (Å²) >= 11 is 0. The molecule has 16 heavy (non-hydrogen) atoms. The maximum atomic E-state index is 10.5. The minimum absolute atomic E-state index is 0.0683. The van der Waals surface area contributed by atoms with Crippen LogP contribution in [0.15, 0.2) is 0 Å². The van der Waals surface area contributed by atoms with E-state index in [4.69, 9.17) is 10.2 Å². The molecule has 4 nitrogen and oxygen atoms in total. The van der Waals surface area contributed by atoms with Gasteiger partial charge in [-0.1, -0.05) is 11.8 Å². The summed E-state index contributed by atoms with van der Waals surface area (Å²) in [5.41, 5.74) is 0. The summed E-state index contributed by atoms with van der Waals surface area (Å²) in [5, 5.41) is 17.2. The van der Waals surface area contributed by atoms with Crippen molar-refractivity contribution in [2.45, 2.75) is 12.8 Å². The molecule has 2 rings (SSSR count). The van der Waals surface area contributed by atoms with E-state index in [-0.39, 0.29) is 23.7 Å². The van der Waals surface area contributed by atoms with E-state index in [0.717, 1.165) is 0 Å². The van der Waals surface area contributed by atoms with Gasteiger partial charge in [0.1, 0.15) is 0 Å².